The number of piperazine rings is 1. The first kappa shape index (κ1) is 19.2. The molecule has 5 heteroatoms. The molecule has 0 atom stereocenters. The molecule has 148 valence electrons. The van der Waals surface area contributed by atoms with Gasteiger partial charge in [-0.2, -0.15) is 0 Å². The fraction of sp³-hybridized carbons (Fsp3) is 0.250. The summed E-state index contributed by atoms with van der Waals surface area (Å²) in [5, 5.41) is 2.92. The highest BCUT2D eigenvalue weighted by Crippen LogP contribution is 2.16. The number of hydrogen-bond donors (Lipinski definition) is 1. The molecule has 0 unspecified atom stereocenters. The molecule has 29 heavy (non-hydrogen) atoms. The number of hydrogen-bond acceptors (Lipinski definition) is 4. The van der Waals surface area contributed by atoms with Crippen LogP contribution < -0.4 is 10.2 Å². The molecule has 1 saturated heterocycles. The Balaban J connectivity index is 1.23. The van der Waals surface area contributed by atoms with Crippen LogP contribution in [-0.4, -0.2) is 48.5 Å². The van der Waals surface area contributed by atoms with Crippen LogP contribution >= 0.6 is 0 Å². The number of nitrogens with zero attached hydrogens (tertiary/aromatic N) is 3. The Morgan fingerprint density at radius 1 is 0.897 bits per heavy atom. The molecule has 1 aromatic heterocycles. The number of nitrogens with one attached hydrogen (secondary N) is 1. The normalized spacial score (nSPS) is 14.6. The Bertz CT molecular complexity index is 905. The van der Waals surface area contributed by atoms with Crippen LogP contribution in [0, 0.1) is 0 Å². The number of aromatic nitrogens is 1. The summed E-state index contributed by atoms with van der Waals surface area (Å²) < 4.78 is 0. The van der Waals surface area contributed by atoms with Crippen LogP contribution in [0.4, 0.5) is 11.4 Å². The first-order chi connectivity index (χ1) is 14.3. The van der Waals surface area contributed by atoms with E-state index < -0.39 is 0 Å². The number of pyridine rings is 1. The van der Waals surface area contributed by atoms with Gasteiger partial charge < -0.3 is 10.2 Å². The SMILES string of the molecule is O=C(Nc1ccc(CCN2CCN(c3ccccc3)CC2)cc1)c1cccnc1. The summed E-state index contributed by atoms with van der Waals surface area (Å²) in [5.74, 6) is -0.137. The second-order valence-corrected chi connectivity index (χ2v) is 7.31. The minimum absolute atomic E-state index is 0.137. The highest BCUT2D eigenvalue weighted by Gasteiger charge is 2.16. The van der Waals surface area contributed by atoms with Gasteiger partial charge in [-0.15, -0.1) is 0 Å². The van der Waals surface area contributed by atoms with Gasteiger partial charge in [0, 0.05) is 56.5 Å². The van der Waals surface area contributed by atoms with E-state index in [1.165, 1.54) is 11.3 Å². The van der Waals surface area contributed by atoms with Crippen molar-refractivity contribution in [2.75, 3.05) is 42.9 Å². The van der Waals surface area contributed by atoms with Gasteiger partial charge in [0.25, 0.3) is 5.91 Å². The average Bonchev–Trinajstić information content (AvgIpc) is 2.80. The van der Waals surface area contributed by atoms with Crippen molar-refractivity contribution in [2.24, 2.45) is 0 Å². The van der Waals surface area contributed by atoms with Crippen LogP contribution in [0.5, 0.6) is 0 Å². The molecule has 3 aromatic rings. The van der Waals surface area contributed by atoms with Crippen molar-refractivity contribution in [1.29, 1.82) is 0 Å². The zero-order chi connectivity index (χ0) is 19.9. The summed E-state index contributed by atoms with van der Waals surface area (Å²) in [5.41, 5.74) is 3.97. The first-order valence-corrected chi connectivity index (χ1v) is 10.1. The summed E-state index contributed by atoms with van der Waals surface area (Å²) in [7, 11) is 0. The molecule has 0 saturated carbocycles. The van der Waals surface area contributed by atoms with Crippen LogP contribution in [0.15, 0.2) is 79.1 Å². The van der Waals surface area contributed by atoms with Crippen LogP contribution in [0.3, 0.4) is 0 Å². The summed E-state index contributed by atoms with van der Waals surface area (Å²) >= 11 is 0. The average molecular weight is 386 g/mol. The summed E-state index contributed by atoms with van der Waals surface area (Å²) in [6.07, 6.45) is 4.25. The number of benzene rings is 2. The number of carbonyl (C=O) groups excluding carboxylic acids is 1. The van der Waals surface area contributed by atoms with Gasteiger partial charge in [-0.05, 0) is 48.4 Å². The van der Waals surface area contributed by atoms with Crippen molar-refractivity contribution in [2.45, 2.75) is 6.42 Å². The van der Waals surface area contributed by atoms with Crippen LogP contribution in [0.25, 0.3) is 0 Å². The smallest absolute Gasteiger partial charge is 0.257 e. The fourth-order valence-corrected chi connectivity index (χ4v) is 3.61. The Morgan fingerprint density at radius 2 is 1.66 bits per heavy atom. The molecule has 2 heterocycles. The zero-order valence-corrected chi connectivity index (χ0v) is 16.5. The van der Waals surface area contributed by atoms with Crippen molar-refractivity contribution in [3.8, 4) is 0 Å². The molecule has 5 nitrogen and oxygen atoms in total. The standard InChI is InChI=1S/C24H26N4O/c29-24(21-5-4-13-25-19-21)26-22-10-8-20(9-11-22)12-14-27-15-17-28(18-16-27)23-6-2-1-3-7-23/h1-11,13,19H,12,14-18H2,(H,26,29). The van der Waals surface area contributed by atoms with Crippen molar-refractivity contribution >= 4 is 17.3 Å². The number of rotatable bonds is 6. The molecule has 1 fully saturated rings. The van der Waals surface area contributed by atoms with E-state index >= 15 is 0 Å². The van der Waals surface area contributed by atoms with E-state index in [-0.39, 0.29) is 5.91 Å². The maximum atomic E-state index is 12.2. The van der Waals surface area contributed by atoms with Gasteiger partial charge in [0.05, 0.1) is 5.56 Å². The second-order valence-electron chi connectivity index (χ2n) is 7.31. The molecule has 1 N–H and O–H groups in total. The van der Waals surface area contributed by atoms with Crippen LogP contribution in [0.1, 0.15) is 15.9 Å². The lowest BCUT2D eigenvalue weighted by molar-refractivity contribution is 0.102. The van der Waals surface area contributed by atoms with Gasteiger partial charge in [0.1, 0.15) is 0 Å². The van der Waals surface area contributed by atoms with E-state index in [9.17, 15) is 4.79 Å². The summed E-state index contributed by atoms with van der Waals surface area (Å²) in [4.78, 5) is 21.2. The Hall–Kier alpha value is -3.18. The molecule has 1 amide bonds. The van der Waals surface area contributed by atoms with E-state index in [0.717, 1.165) is 44.8 Å². The quantitative estimate of drug-likeness (QED) is 0.702. The molecule has 1 aliphatic rings. The lowest BCUT2D eigenvalue weighted by atomic mass is 10.1. The summed E-state index contributed by atoms with van der Waals surface area (Å²) in [6, 6.07) is 22.3. The molecule has 4 rings (SSSR count). The van der Waals surface area contributed by atoms with Gasteiger partial charge in [-0.1, -0.05) is 30.3 Å². The Kier molecular flexibility index (Phi) is 6.17. The molecule has 0 radical (unpaired) electrons. The van der Waals surface area contributed by atoms with Crippen LogP contribution in [-0.2, 0) is 6.42 Å². The van der Waals surface area contributed by atoms with E-state index in [0.29, 0.717) is 5.56 Å². The van der Waals surface area contributed by atoms with Crippen molar-refractivity contribution < 1.29 is 4.79 Å². The summed E-state index contributed by atoms with van der Waals surface area (Å²) in [6.45, 7) is 5.39. The molecule has 1 aliphatic heterocycles. The predicted octanol–water partition coefficient (Wildman–Crippen LogP) is 3.70. The number of carbonyl (C=O) groups is 1. The maximum Gasteiger partial charge on any atom is 0.257 e. The van der Waals surface area contributed by atoms with Gasteiger partial charge in [-0.3, -0.25) is 14.7 Å². The monoisotopic (exact) mass is 386 g/mol. The van der Waals surface area contributed by atoms with Crippen molar-refractivity contribution in [3.63, 3.8) is 0 Å². The van der Waals surface area contributed by atoms with E-state index in [4.69, 9.17) is 0 Å². The first-order valence-electron chi connectivity index (χ1n) is 10.1. The van der Waals surface area contributed by atoms with Crippen molar-refractivity contribution in [1.82, 2.24) is 9.88 Å². The zero-order valence-electron chi connectivity index (χ0n) is 16.5. The minimum Gasteiger partial charge on any atom is -0.369 e. The van der Waals surface area contributed by atoms with Gasteiger partial charge >= 0.3 is 0 Å². The third-order valence-corrected chi connectivity index (χ3v) is 5.35. The maximum absolute atomic E-state index is 12.2. The highest BCUT2D eigenvalue weighted by molar-refractivity contribution is 6.03. The number of para-hydroxylation sites is 1. The predicted molar refractivity (Wildman–Crippen MR) is 117 cm³/mol. The molecule has 0 bridgehead atoms. The van der Waals surface area contributed by atoms with E-state index in [2.05, 4.69) is 62.6 Å². The second kappa shape index (κ2) is 9.34. The van der Waals surface area contributed by atoms with Crippen molar-refractivity contribution in [3.05, 3.63) is 90.3 Å². The van der Waals surface area contributed by atoms with Gasteiger partial charge in [-0.25, -0.2) is 0 Å². The van der Waals surface area contributed by atoms with Gasteiger partial charge in [0.15, 0.2) is 0 Å². The third kappa shape index (κ3) is 5.21. The minimum atomic E-state index is -0.137. The number of amides is 1. The Labute approximate surface area is 172 Å². The topological polar surface area (TPSA) is 48.5 Å². The lowest BCUT2D eigenvalue weighted by Gasteiger charge is -2.36. The van der Waals surface area contributed by atoms with E-state index in [1.54, 1.807) is 24.5 Å². The lowest BCUT2D eigenvalue weighted by Crippen LogP contribution is -2.46. The Morgan fingerprint density at radius 3 is 2.34 bits per heavy atom. The molecular formula is C24H26N4O. The fourth-order valence-electron chi connectivity index (χ4n) is 3.61. The van der Waals surface area contributed by atoms with Gasteiger partial charge in [0.2, 0.25) is 0 Å². The molecule has 2 aromatic carbocycles. The molecular weight excluding hydrogens is 360 g/mol. The van der Waals surface area contributed by atoms with Crippen LogP contribution in [0.2, 0.25) is 0 Å². The third-order valence-electron chi connectivity index (χ3n) is 5.35. The molecule has 0 aliphatic carbocycles. The van der Waals surface area contributed by atoms with E-state index in [1.807, 2.05) is 12.1 Å². The number of anilines is 2. The molecule has 0 spiro atoms. The highest BCUT2D eigenvalue weighted by atomic mass is 16.1. The largest absolute Gasteiger partial charge is 0.369 e.